The summed E-state index contributed by atoms with van der Waals surface area (Å²) in [5.74, 6) is -0.0774. The second kappa shape index (κ2) is 7.22. The van der Waals surface area contributed by atoms with Crippen LogP contribution >= 0.6 is 22.9 Å². The highest BCUT2D eigenvalue weighted by Crippen LogP contribution is 2.37. The number of halogens is 1. The van der Waals surface area contributed by atoms with Crippen molar-refractivity contribution in [3.63, 3.8) is 0 Å². The van der Waals surface area contributed by atoms with Gasteiger partial charge in [0.05, 0.1) is 5.02 Å². The quantitative estimate of drug-likeness (QED) is 0.478. The van der Waals surface area contributed by atoms with E-state index in [1.165, 1.54) is 11.3 Å². The predicted molar refractivity (Wildman–Crippen MR) is 113 cm³/mol. The number of aryl methyl sites for hydroxylation is 2. The fourth-order valence-electron chi connectivity index (χ4n) is 3.03. The maximum atomic E-state index is 12.7. The van der Waals surface area contributed by atoms with E-state index in [0.29, 0.717) is 27.0 Å². The van der Waals surface area contributed by atoms with Crippen LogP contribution in [0, 0.1) is 6.92 Å². The van der Waals surface area contributed by atoms with Crippen molar-refractivity contribution in [1.29, 1.82) is 0 Å². The molecule has 0 bridgehead atoms. The number of ketones is 1. The Bertz CT molecular complexity index is 1210. The Kier molecular flexibility index (Phi) is 4.75. The number of imidazole rings is 1. The Balaban J connectivity index is 1.56. The summed E-state index contributed by atoms with van der Waals surface area (Å²) >= 11 is 7.82. The molecule has 1 amide bonds. The van der Waals surface area contributed by atoms with E-state index in [4.69, 9.17) is 11.6 Å². The van der Waals surface area contributed by atoms with Gasteiger partial charge in [-0.05, 0) is 42.8 Å². The van der Waals surface area contributed by atoms with Crippen molar-refractivity contribution < 1.29 is 9.59 Å². The minimum Gasteiger partial charge on any atom is -0.331 e. The molecule has 1 N–H and O–H groups in total. The molecule has 0 aliphatic rings. The van der Waals surface area contributed by atoms with Crippen molar-refractivity contribution in [2.75, 3.05) is 5.32 Å². The highest BCUT2D eigenvalue weighted by atomic mass is 35.5. The van der Waals surface area contributed by atoms with E-state index in [1.54, 1.807) is 48.3 Å². The zero-order valence-electron chi connectivity index (χ0n) is 15.2. The topological polar surface area (TPSA) is 64.0 Å². The number of amides is 1. The molecule has 0 saturated heterocycles. The molecule has 0 radical (unpaired) electrons. The molecular formula is C21H16ClN3O2S. The van der Waals surface area contributed by atoms with Crippen molar-refractivity contribution >= 4 is 50.4 Å². The third kappa shape index (κ3) is 3.21. The van der Waals surface area contributed by atoms with Crippen LogP contribution in [0.1, 0.15) is 31.4 Å². The smallest absolute Gasteiger partial charge is 0.267 e. The Morgan fingerprint density at radius 2 is 1.89 bits per heavy atom. The van der Waals surface area contributed by atoms with E-state index in [-0.39, 0.29) is 11.7 Å². The highest BCUT2D eigenvalue weighted by Gasteiger charge is 2.19. The molecule has 0 fully saturated rings. The second-order valence-corrected chi connectivity index (χ2v) is 7.85. The van der Waals surface area contributed by atoms with E-state index in [0.717, 1.165) is 15.6 Å². The number of carbonyl (C=O) groups excluding carboxylic acids is 2. The number of fused-ring (bicyclic) bond motifs is 1. The number of hydrogen-bond acceptors (Lipinski definition) is 4. The van der Waals surface area contributed by atoms with Crippen LogP contribution in [0.4, 0.5) is 5.69 Å². The number of thiophene rings is 1. The summed E-state index contributed by atoms with van der Waals surface area (Å²) in [6, 6.07) is 12.6. The molecule has 0 aliphatic heterocycles. The van der Waals surface area contributed by atoms with Crippen molar-refractivity contribution in [1.82, 2.24) is 9.55 Å². The van der Waals surface area contributed by atoms with E-state index >= 15 is 0 Å². The van der Waals surface area contributed by atoms with E-state index in [2.05, 4.69) is 10.3 Å². The lowest BCUT2D eigenvalue weighted by atomic mass is 10.1. The molecule has 7 heteroatoms. The average Bonchev–Trinajstić information content (AvgIpc) is 3.26. The zero-order chi connectivity index (χ0) is 19.8. The normalized spacial score (nSPS) is 11.0. The van der Waals surface area contributed by atoms with Gasteiger partial charge in [0.25, 0.3) is 5.91 Å². The van der Waals surface area contributed by atoms with Crippen LogP contribution in [0.15, 0.2) is 54.9 Å². The highest BCUT2D eigenvalue weighted by molar-refractivity contribution is 7.21. The van der Waals surface area contributed by atoms with Gasteiger partial charge in [-0.3, -0.25) is 9.59 Å². The number of aromatic nitrogens is 2. The molecule has 0 atom stereocenters. The predicted octanol–water partition coefficient (Wildman–Crippen LogP) is 5.08. The second-order valence-electron chi connectivity index (χ2n) is 6.42. The first-order valence-electron chi connectivity index (χ1n) is 8.57. The van der Waals surface area contributed by atoms with Crippen molar-refractivity contribution in [3.8, 4) is 0 Å². The minimum atomic E-state index is -0.270. The molecule has 4 aromatic rings. The number of nitrogens with zero attached hydrogens (tertiary/aromatic N) is 2. The largest absolute Gasteiger partial charge is 0.331 e. The van der Waals surface area contributed by atoms with E-state index in [9.17, 15) is 9.59 Å². The molecule has 0 saturated carbocycles. The monoisotopic (exact) mass is 409 g/mol. The number of hydrogen-bond donors (Lipinski definition) is 1. The Morgan fingerprint density at radius 1 is 1.14 bits per heavy atom. The number of benzene rings is 2. The van der Waals surface area contributed by atoms with Crippen LogP contribution in [-0.4, -0.2) is 21.2 Å². The van der Waals surface area contributed by atoms with Gasteiger partial charge in [0, 0.05) is 40.8 Å². The van der Waals surface area contributed by atoms with Gasteiger partial charge in [-0.1, -0.05) is 23.7 Å². The number of carbonyl (C=O) groups is 2. The third-order valence-electron chi connectivity index (χ3n) is 4.50. The SMILES string of the molecule is Cc1cccc2sc(C(=O)Nc3ccc(C(=O)c4nccn4C)cc3)c(Cl)c12. The molecular weight excluding hydrogens is 394 g/mol. The molecule has 0 unspecified atom stereocenters. The molecule has 0 spiro atoms. The lowest BCUT2D eigenvalue weighted by Gasteiger charge is -2.06. The first-order valence-corrected chi connectivity index (χ1v) is 9.76. The van der Waals surface area contributed by atoms with Crippen LogP contribution in [-0.2, 0) is 7.05 Å². The maximum Gasteiger partial charge on any atom is 0.267 e. The number of nitrogens with one attached hydrogen (secondary N) is 1. The Hall–Kier alpha value is -2.96. The van der Waals surface area contributed by atoms with Crippen LogP contribution in [0.3, 0.4) is 0 Å². The lowest BCUT2D eigenvalue weighted by molar-refractivity contribution is 0.102. The average molecular weight is 410 g/mol. The van der Waals surface area contributed by atoms with Crippen molar-refractivity contribution in [2.45, 2.75) is 6.92 Å². The first-order chi connectivity index (χ1) is 13.5. The molecule has 2 aromatic heterocycles. The minimum absolute atomic E-state index is 0.173. The maximum absolute atomic E-state index is 12.7. The standard InChI is InChI=1S/C21H16ClN3O2S/c1-12-4-3-5-15-16(12)17(22)19(28-15)21(27)24-14-8-6-13(7-9-14)18(26)20-23-10-11-25(20)2/h3-11H,1-2H3,(H,24,27). The molecule has 140 valence electrons. The first kappa shape index (κ1) is 18.4. The van der Waals surface area contributed by atoms with Gasteiger partial charge >= 0.3 is 0 Å². The summed E-state index contributed by atoms with van der Waals surface area (Å²) in [6.45, 7) is 1.97. The third-order valence-corrected chi connectivity index (χ3v) is 6.14. The van der Waals surface area contributed by atoms with Gasteiger partial charge in [-0.25, -0.2) is 4.98 Å². The summed E-state index contributed by atoms with van der Waals surface area (Å²) in [6.07, 6.45) is 3.30. The van der Waals surface area contributed by atoms with Crippen LogP contribution in [0.2, 0.25) is 5.02 Å². The van der Waals surface area contributed by atoms with Crippen LogP contribution < -0.4 is 5.32 Å². The molecule has 28 heavy (non-hydrogen) atoms. The summed E-state index contributed by atoms with van der Waals surface area (Å²) in [7, 11) is 1.77. The molecule has 4 rings (SSSR count). The summed E-state index contributed by atoms with van der Waals surface area (Å²) in [5.41, 5.74) is 2.13. The van der Waals surface area contributed by atoms with Crippen LogP contribution in [0.5, 0.6) is 0 Å². The zero-order valence-corrected chi connectivity index (χ0v) is 16.8. The molecule has 5 nitrogen and oxygen atoms in total. The van der Waals surface area contributed by atoms with Crippen LogP contribution in [0.25, 0.3) is 10.1 Å². The number of rotatable bonds is 4. The van der Waals surface area contributed by atoms with E-state index < -0.39 is 0 Å². The molecule has 0 aliphatic carbocycles. The summed E-state index contributed by atoms with van der Waals surface area (Å²) in [5, 5.41) is 4.23. The number of anilines is 1. The summed E-state index contributed by atoms with van der Waals surface area (Å²) in [4.78, 5) is 29.7. The van der Waals surface area contributed by atoms with Gasteiger partial charge in [0.1, 0.15) is 4.88 Å². The van der Waals surface area contributed by atoms with Gasteiger partial charge in [-0.2, -0.15) is 0 Å². The fraction of sp³-hybridized carbons (Fsp3) is 0.0952. The van der Waals surface area contributed by atoms with Crippen molar-refractivity contribution in [3.05, 3.63) is 81.7 Å². The van der Waals surface area contributed by atoms with Gasteiger partial charge < -0.3 is 9.88 Å². The van der Waals surface area contributed by atoms with Crippen molar-refractivity contribution in [2.24, 2.45) is 7.05 Å². The molecule has 2 heterocycles. The fourth-order valence-corrected chi connectivity index (χ4v) is 4.60. The van der Waals surface area contributed by atoms with Gasteiger partial charge in [0.2, 0.25) is 5.78 Å². The Labute approximate surface area is 170 Å². The summed E-state index contributed by atoms with van der Waals surface area (Å²) < 4.78 is 2.65. The van der Waals surface area contributed by atoms with Gasteiger partial charge in [0.15, 0.2) is 5.82 Å². The Morgan fingerprint density at radius 3 is 2.54 bits per heavy atom. The van der Waals surface area contributed by atoms with Gasteiger partial charge in [-0.15, -0.1) is 11.3 Å². The van der Waals surface area contributed by atoms with E-state index in [1.807, 2.05) is 25.1 Å². The molecule has 2 aromatic carbocycles. The lowest BCUT2D eigenvalue weighted by Crippen LogP contribution is -2.11.